The molecule has 3 aromatic carbocycles. The average molecular weight is 502 g/mol. The quantitative estimate of drug-likeness (QED) is 0.241. The summed E-state index contributed by atoms with van der Waals surface area (Å²) in [6.45, 7) is 17.1. The monoisotopic (exact) mass is 501 g/mol. The van der Waals surface area contributed by atoms with Crippen LogP contribution in [0.25, 0.3) is 0 Å². The van der Waals surface area contributed by atoms with Crippen LogP contribution in [-0.2, 0) is 25.4 Å². The number of phenolic OH excluding ortho intramolecular Hbond substituents is 1. The number of hydrogen-bond donors (Lipinski definition) is 1. The molecule has 186 valence electrons. The number of aryl methyl sites for hydroxylation is 1. The summed E-state index contributed by atoms with van der Waals surface area (Å²) in [5.74, 6) is 0.921. The van der Waals surface area contributed by atoms with Gasteiger partial charge in [-0.2, -0.15) is 83.9 Å². The van der Waals surface area contributed by atoms with Gasteiger partial charge < -0.3 is 5.11 Å². The molecule has 0 heterocycles. The Balaban J connectivity index is 0.000000446. The molecule has 1 atom stereocenters. The van der Waals surface area contributed by atoms with Gasteiger partial charge >= 0.3 is 24.8 Å². The minimum absolute atomic E-state index is 0.115. The summed E-state index contributed by atoms with van der Waals surface area (Å²) in [7, 11) is 0. The Hall–Kier alpha value is -2.48. The van der Waals surface area contributed by atoms with Crippen molar-refractivity contribution >= 4 is 4.82 Å². The second kappa shape index (κ2) is 17.9. The summed E-state index contributed by atoms with van der Waals surface area (Å²) in [5.41, 5.74) is 6.65. The predicted molar refractivity (Wildman–Crippen MR) is 149 cm³/mol. The van der Waals surface area contributed by atoms with E-state index in [1.165, 1.54) is 22.3 Å². The molecule has 2 heteroatoms. The van der Waals surface area contributed by atoms with Gasteiger partial charge in [-0.1, -0.05) is 53.5 Å². The molecule has 1 N–H and O–H groups in total. The van der Waals surface area contributed by atoms with E-state index in [4.69, 9.17) is 0 Å². The second-order valence-corrected chi connectivity index (χ2v) is 9.26. The molecule has 1 aliphatic rings. The Labute approximate surface area is 226 Å². The first-order valence-electron chi connectivity index (χ1n) is 11.8. The van der Waals surface area contributed by atoms with Gasteiger partial charge in [-0.05, 0) is 35.6 Å². The number of phenols is 1. The topological polar surface area (TPSA) is 20.2 Å². The van der Waals surface area contributed by atoms with Gasteiger partial charge in [-0.15, -0.1) is 6.92 Å². The summed E-state index contributed by atoms with van der Waals surface area (Å²) < 4.78 is 0. The number of allylic oxidation sites excluding steroid dienone is 4. The SMILES string of the molecule is CC1=[C-]C(C)C(C)=C1C.Cc1cc(O)cc(C(C)(C)C)c1.[CH2]=[Ti].[c-]1ccccc1.[c-]1ccccc1. The van der Waals surface area contributed by atoms with E-state index in [0.717, 1.165) is 5.56 Å². The molecule has 4 rings (SSSR count). The van der Waals surface area contributed by atoms with Crippen molar-refractivity contribution in [2.45, 2.75) is 60.8 Å². The van der Waals surface area contributed by atoms with Crippen LogP contribution in [0.4, 0.5) is 0 Å². The van der Waals surface area contributed by atoms with Crippen molar-refractivity contribution < 1.29 is 25.1 Å². The summed E-state index contributed by atoms with van der Waals surface area (Å²) >= 11 is 1.75. The summed E-state index contributed by atoms with van der Waals surface area (Å²) in [4.78, 5) is 3.25. The molecular formula is C33H41OTi-3. The molecule has 0 spiro atoms. The molecule has 0 radical (unpaired) electrons. The Kier molecular flexibility index (Phi) is 16.6. The van der Waals surface area contributed by atoms with E-state index >= 15 is 0 Å². The standard InChI is InChI=1S/C11H16O.C9H13.2C6H5.CH2.Ti/c1-8-5-9(11(2,3)4)7-10(12)6-8;1-6-5-7(2)9(4)8(6)3;2*1-2-4-6-5-3-1;;/h5-7,12H,1-4H3;6H,1-4H3;2*1-5H;1H2;/q;3*-1;;. The summed E-state index contributed by atoms with van der Waals surface area (Å²) in [6.07, 6.45) is 3.36. The van der Waals surface area contributed by atoms with Crippen LogP contribution in [0.2, 0.25) is 0 Å². The van der Waals surface area contributed by atoms with E-state index in [1.807, 2.05) is 73.7 Å². The fourth-order valence-electron chi connectivity index (χ4n) is 3.04. The van der Waals surface area contributed by atoms with Crippen LogP contribution in [-0.4, -0.2) is 9.92 Å². The zero-order valence-electron chi connectivity index (χ0n) is 22.7. The molecule has 0 saturated heterocycles. The van der Waals surface area contributed by atoms with Crippen LogP contribution >= 0.6 is 0 Å². The fraction of sp³-hybridized carbons (Fsp3) is 0.303. The molecule has 0 aromatic heterocycles. The molecule has 0 fully saturated rings. The van der Waals surface area contributed by atoms with E-state index < -0.39 is 0 Å². The zero-order valence-corrected chi connectivity index (χ0v) is 24.3. The zero-order chi connectivity index (χ0) is 26.9. The maximum atomic E-state index is 9.36. The molecule has 0 bridgehead atoms. The van der Waals surface area contributed by atoms with E-state index in [-0.39, 0.29) is 5.41 Å². The van der Waals surface area contributed by atoms with Gasteiger partial charge in [0, 0.05) is 0 Å². The van der Waals surface area contributed by atoms with Crippen LogP contribution in [0.1, 0.15) is 59.6 Å². The van der Waals surface area contributed by atoms with Crippen LogP contribution in [0, 0.1) is 31.1 Å². The molecule has 1 nitrogen and oxygen atoms in total. The summed E-state index contributed by atoms with van der Waals surface area (Å²) in [6, 6.07) is 30.7. The summed E-state index contributed by atoms with van der Waals surface area (Å²) in [5, 5.41) is 9.36. The van der Waals surface area contributed by atoms with Crippen molar-refractivity contribution in [2.24, 2.45) is 5.92 Å². The third kappa shape index (κ3) is 14.5. The molecule has 0 amide bonds. The molecule has 0 saturated carbocycles. The molecular weight excluding hydrogens is 460 g/mol. The third-order valence-electron chi connectivity index (χ3n) is 5.38. The van der Waals surface area contributed by atoms with Crippen LogP contribution < -0.4 is 0 Å². The minimum atomic E-state index is 0.115. The van der Waals surface area contributed by atoms with Crippen molar-refractivity contribution in [3.05, 3.63) is 125 Å². The van der Waals surface area contributed by atoms with Crippen LogP contribution in [0.5, 0.6) is 5.75 Å². The Morgan fingerprint density at radius 1 is 0.771 bits per heavy atom. The smallest absolute Gasteiger partial charge is 0.171 e. The number of benzene rings is 3. The molecule has 1 aliphatic carbocycles. The van der Waals surface area contributed by atoms with E-state index in [2.05, 4.69) is 77.6 Å². The van der Waals surface area contributed by atoms with Crippen molar-refractivity contribution in [3.63, 3.8) is 0 Å². The molecule has 3 aromatic rings. The average Bonchev–Trinajstić information content (AvgIpc) is 3.08. The number of hydrogen-bond acceptors (Lipinski definition) is 1. The maximum Gasteiger partial charge on any atom is -0.171 e. The Morgan fingerprint density at radius 2 is 1.23 bits per heavy atom. The van der Waals surface area contributed by atoms with Gasteiger partial charge in [0.2, 0.25) is 0 Å². The first-order valence-corrected chi connectivity index (χ1v) is 12.9. The van der Waals surface area contributed by atoms with Crippen molar-refractivity contribution in [3.8, 4) is 5.75 Å². The van der Waals surface area contributed by atoms with Gasteiger partial charge in [-0.25, -0.2) is 5.57 Å². The molecule has 0 aliphatic heterocycles. The second-order valence-electron chi connectivity index (χ2n) is 9.26. The molecule has 35 heavy (non-hydrogen) atoms. The van der Waals surface area contributed by atoms with Gasteiger partial charge in [0.15, 0.2) is 0 Å². The number of aromatic hydroxyl groups is 1. The minimum Gasteiger partial charge on any atom is -0.184 e. The van der Waals surface area contributed by atoms with Crippen molar-refractivity contribution in [1.29, 1.82) is 0 Å². The fourth-order valence-corrected chi connectivity index (χ4v) is 3.04. The number of rotatable bonds is 0. The predicted octanol–water partition coefficient (Wildman–Crippen LogP) is 8.66. The van der Waals surface area contributed by atoms with E-state index in [1.54, 1.807) is 26.0 Å². The first-order chi connectivity index (χ1) is 16.5. The third-order valence-corrected chi connectivity index (χ3v) is 5.38. The van der Waals surface area contributed by atoms with Crippen LogP contribution in [0.3, 0.4) is 0 Å². The largest absolute Gasteiger partial charge is 0.184 e. The maximum absolute atomic E-state index is 9.36. The van der Waals surface area contributed by atoms with Gasteiger partial charge in [0.25, 0.3) is 0 Å². The Bertz CT molecular complexity index is 907. The van der Waals surface area contributed by atoms with Crippen molar-refractivity contribution in [2.75, 3.05) is 0 Å². The first kappa shape index (κ1) is 32.5. The van der Waals surface area contributed by atoms with E-state index in [9.17, 15) is 5.11 Å². The van der Waals surface area contributed by atoms with E-state index in [0.29, 0.717) is 11.7 Å². The van der Waals surface area contributed by atoms with Gasteiger partial charge in [0.05, 0.1) is 0 Å². The normalized spacial score (nSPS) is 13.8. The molecule has 1 unspecified atom stereocenters. The van der Waals surface area contributed by atoms with Gasteiger partial charge in [-0.3, -0.25) is 6.08 Å². The van der Waals surface area contributed by atoms with Crippen LogP contribution in [0.15, 0.2) is 95.6 Å². The van der Waals surface area contributed by atoms with Gasteiger partial charge in [0.1, 0.15) is 5.75 Å². The Morgan fingerprint density at radius 3 is 1.43 bits per heavy atom. The van der Waals surface area contributed by atoms with Crippen molar-refractivity contribution in [1.82, 2.24) is 0 Å².